The molecular weight excluding hydrogens is 254 g/mol. The van der Waals surface area contributed by atoms with E-state index in [9.17, 15) is 4.79 Å². The first-order valence-corrected chi connectivity index (χ1v) is 6.78. The lowest BCUT2D eigenvalue weighted by molar-refractivity contribution is -0.131. The first-order valence-electron chi connectivity index (χ1n) is 6.78. The number of carbonyl (C=O) groups is 1. The molecule has 0 saturated carbocycles. The summed E-state index contributed by atoms with van der Waals surface area (Å²) in [6.45, 7) is 4.17. The van der Waals surface area contributed by atoms with Gasteiger partial charge in [0.1, 0.15) is 5.65 Å². The van der Waals surface area contributed by atoms with Crippen molar-refractivity contribution in [3.05, 3.63) is 36.2 Å². The largest absolute Gasteiger partial charge is 0.478 e. The third-order valence-corrected chi connectivity index (χ3v) is 3.65. The van der Waals surface area contributed by atoms with Gasteiger partial charge in [0, 0.05) is 25.4 Å². The third kappa shape index (κ3) is 2.27. The second kappa shape index (κ2) is 5.00. The molecule has 0 radical (unpaired) electrons. The Morgan fingerprint density at radius 2 is 2.35 bits per heavy atom. The van der Waals surface area contributed by atoms with Crippen LogP contribution in [-0.2, 0) is 4.79 Å². The van der Waals surface area contributed by atoms with Gasteiger partial charge >= 0.3 is 5.97 Å². The molecule has 1 N–H and O–H groups in total. The maximum atomic E-state index is 10.8. The van der Waals surface area contributed by atoms with Crippen LogP contribution in [0.5, 0.6) is 0 Å². The molecule has 3 heterocycles. The van der Waals surface area contributed by atoms with Crippen LogP contribution in [0.15, 0.2) is 30.5 Å². The lowest BCUT2D eigenvalue weighted by atomic mass is 10.2. The Morgan fingerprint density at radius 3 is 3.05 bits per heavy atom. The Labute approximate surface area is 117 Å². The fraction of sp³-hybridized carbons (Fsp3) is 0.333. The molecule has 0 aromatic carbocycles. The predicted molar refractivity (Wildman–Crippen MR) is 77.9 cm³/mol. The molecule has 0 aliphatic carbocycles. The molecule has 5 heteroatoms. The fourth-order valence-electron chi connectivity index (χ4n) is 2.67. The van der Waals surface area contributed by atoms with E-state index in [4.69, 9.17) is 5.11 Å². The molecule has 1 aliphatic heterocycles. The lowest BCUT2D eigenvalue weighted by Gasteiger charge is -2.15. The summed E-state index contributed by atoms with van der Waals surface area (Å²) in [7, 11) is 0. The van der Waals surface area contributed by atoms with Gasteiger partial charge in [-0.15, -0.1) is 0 Å². The minimum atomic E-state index is -0.948. The van der Waals surface area contributed by atoms with E-state index >= 15 is 0 Å². The van der Waals surface area contributed by atoms with Crippen LogP contribution in [0.1, 0.15) is 19.0 Å². The molecular formula is C15H17N3O2. The molecule has 1 unspecified atom stereocenters. The highest BCUT2D eigenvalue weighted by Gasteiger charge is 2.23. The first kappa shape index (κ1) is 12.7. The maximum Gasteiger partial charge on any atom is 0.328 e. The molecule has 1 atom stereocenters. The van der Waals surface area contributed by atoms with Crippen molar-refractivity contribution in [1.29, 1.82) is 0 Å². The topological polar surface area (TPSA) is 57.8 Å². The van der Waals surface area contributed by atoms with Crippen LogP contribution in [0.2, 0.25) is 0 Å². The molecule has 3 rings (SSSR count). The molecule has 20 heavy (non-hydrogen) atoms. The van der Waals surface area contributed by atoms with Crippen LogP contribution >= 0.6 is 0 Å². The fourth-order valence-corrected chi connectivity index (χ4v) is 2.67. The minimum Gasteiger partial charge on any atom is -0.478 e. The van der Waals surface area contributed by atoms with Crippen molar-refractivity contribution < 1.29 is 9.90 Å². The Kier molecular flexibility index (Phi) is 3.18. The van der Waals surface area contributed by atoms with Crippen molar-refractivity contribution in [3.63, 3.8) is 0 Å². The number of imidazole rings is 1. The van der Waals surface area contributed by atoms with E-state index in [1.54, 1.807) is 6.08 Å². The van der Waals surface area contributed by atoms with Gasteiger partial charge in [0.25, 0.3) is 0 Å². The zero-order valence-corrected chi connectivity index (χ0v) is 11.4. The maximum absolute atomic E-state index is 10.8. The van der Waals surface area contributed by atoms with Gasteiger partial charge in [-0.25, -0.2) is 9.78 Å². The number of anilines is 1. The number of fused-ring (bicyclic) bond motifs is 1. The van der Waals surface area contributed by atoms with Crippen molar-refractivity contribution in [2.45, 2.75) is 13.3 Å². The Morgan fingerprint density at radius 1 is 1.50 bits per heavy atom. The number of hydrogen-bond acceptors (Lipinski definition) is 3. The van der Waals surface area contributed by atoms with E-state index in [2.05, 4.69) is 16.8 Å². The van der Waals surface area contributed by atoms with E-state index in [0.717, 1.165) is 36.7 Å². The number of aromatic nitrogens is 2. The third-order valence-electron chi connectivity index (χ3n) is 3.65. The second-order valence-electron chi connectivity index (χ2n) is 5.26. The summed E-state index contributed by atoms with van der Waals surface area (Å²) in [5.41, 5.74) is 1.67. The zero-order chi connectivity index (χ0) is 14.1. The molecule has 1 aliphatic rings. The predicted octanol–water partition coefficient (Wildman–Crippen LogP) is 2.28. The van der Waals surface area contributed by atoms with E-state index in [1.807, 2.05) is 28.8 Å². The lowest BCUT2D eigenvalue weighted by Crippen LogP contribution is -2.20. The highest BCUT2D eigenvalue weighted by atomic mass is 16.4. The number of aliphatic carboxylic acids is 1. The summed E-state index contributed by atoms with van der Waals surface area (Å²) in [4.78, 5) is 17.7. The van der Waals surface area contributed by atoms with Crippen LogP contribution in [-0.4, -0.2) is 33.6 Å². The summed E-state index contributed by atoms with van der Waals surface area (Å²) in [6, 6.07) is 5.79. The Balaban J connectivity index is 2.10. The van der Waals surface area contributed by atoms with Gasteiger partial charge in [0.15, 0.2) is 5.82 Å². The van der Waals surface area contributed by atoms with E-state index in [1.165, 1.54) is 6.08 Å². The van der Waals surface area contributed by atoms with Crippen molar-refractivity contribution in [2.75, 3.05) is 18.0 Å². The Hall–Kier alpha value is -2.30. The average molecular weight is 271 g/mol. The van der Waals surface area contributed by atoms with E-state index in [0.29, 0.717) is 5.92 Å². The van der Waals surface area contributed by atoms with Crippen molar-refractivity contribution in [3.8, 4) is 0 Å². The summed E-state index contributed by atoms with van der Waals surface area (Å²) >= 11 is 0. The van der Waals surface area contributed by atoms with Gasteiger partial charge in [-0.2, -0.15) is 0 Å². The van der Waals surface area contributed by atoms with Crippen LogP contribution in [0, 0.1) is 5.92 Å². The van der Waals surface area contributed by atoms with Gasteiger partial charge in [0.2, 0.25) is 0 Å². The highest BCUT2D eigenvalue weighted by molar-refractivity contribution is 5.86. The smallest absolute Gasteiger partial charge is 0.328 e. The standard InChI is InChI=1S/C15H17N3O2/c1-11-7-9-17(10-11)15-12(5-6-14(19)20)18-8-3-2-4-13(18)16-15/h2-6,8,11H,7,9-10H2,1H3,(H,19,20). The number of carboxylic acid groups (broad SMARTS) is 1. The normalized spacial score (nSPS) is 19.2. The minimum absolute atomic E-state index is 0.649. The molecule has 0 amide bonds. The number of pyridine rings is 1. The molecule has 0 spiro atoms. The van der Waals surface area contributed by atoms with Crippen LogP contribution in [0.3, 0.4) is 0 Å². The summed E-state index contributed by atoms with van der Waals surface area (Å²) in [6.07, 6.45) is 5.85. The van der Waals surface area contributed by atoms with Gasteiger partial charge in [0.05, 0.1) is 5.69 Å². The van der Waals surface area contributed by atoms with Crippen molar-refractivity contribution >= 4 is 23.5 Å². The molecule has 5 nitrogen and oxygen atoms in total. The van der Waals surface area contributed by atoms with Gasteiger partial charge in [-0.05, 0) is 30.5 Å². The van der Waals surface area contributed by atoms with E-state index in [-0.39, 0.29) is 0 Å². The molecule has 104 valence electrons. The van der Waals surface area contributed by atoms with Crippen molar-refractivity contribution in [2.24, 2.45) is 5.92 Å². The van der Waals surface area contributed by atoms with Gasteiger partial charge in [-0.3, -0.25) is 4.40 Å². The summed E-state index contributed by atoms with van der Waals surface area (Å²) < 4.78 is 1.93. The summed E-state index contributed by atoms with van der Waals surface area (Å²) in [5, 5.41) is 8.85. The zero-order valence-electron chi connectivity index (χ0n) is 11.4. The van der Waals surface area contributed by atoms with Crippen LogP contribution in [0.25, 0.3) is 11.7 Å². The van der Waals surface area contributed by atoms with E-state index < -0.39 is 5.97 Å². The average Bonchev–Trinajstić information content (AvgIpc) is 2.99. The molecule has 2 aromatic rings. The molecule has 1 fully saturated rings. The Bertz CT molecular complexity index is 675. The monoisotopic (exact) mass is 271 g/mol. The van der Waals surface area contributed by atoms with Gasteiger partial charge < -0.3 is 10.0 Å². The number of carboxylic acids is 1. The van der Waals surface area contributed by atoms with Crippen molar-refractivity contribution in [1.82, 2.24) is 9.38 Å². The second-order valence-corrected chi connectivity index (χ2v) is 5.26. The van der Waals surface area contributed by atoms with Crippen LogP contribution < -0.4 is 4.90 Å². The molecule has 1 saturated heterocycles. The molecule has 2 aromatic heterocycles. The van der Waals surface area contributed by atoms with Gasteiger partial charge in [-0.1, -0.05) is 13.0 Å². The number of nitrogens with zero attached hydrogens (tertiary/aromatic N) is 3. The SMILES string of the molecule is CC1CCN(c2nc3ccccn3c2C=CC(=O)O)C1. The molecule has 0 bridgehead atoms. The highest BCUT2D eigenvalue weighted by Crippen LogP contribution is 2.28. The number of rotatable bonds is 3. The first-order chi connectivity index (χ1) is 9.65. The quantitative estimate of drug-likeness (QED) is 0.870. The summed E-state index contributed by atoms with van der Waals surface area (Å²) in [5.74, 6) is 0.575. The van der Waals surface area contributed by atoms with Crippen LogP contribution in [0.4, 0.5) is 5.82 Å². The number of hydrogen-bond donors (Lipinski definition) is 1.